The molecule has 0 unspecified atom stereocenters. The molecule has 104 valence electrons. The number of hydrogen-bond acceptors (Lipinski definition) is 2. The summed E-state index contributed by atoms with van der Waals surface area (Å²) in [4.78, 5) is 14.5. The van der Waals surface area contributed by atoms with Gasteiger partial charge in [-0.05, 0) is 18.4 Å². The van der Waals surface area contributed by atoms with E-state index in [0.29, 0.717) is 25.6 Å². The average Bonchev–Trinajstić information content (AvgIpc) is 2.98. The number of carbonyl (C=O) groups is 1. The molecule has 1 fully saturated rings. The van der Waals surface area contributed by atoms with Crippen molar-refractivity contribution in [3.8, 4) is 0 Å². The van der Waals surface area contributed by atoms with Gasteiger partial charge in [-0.25, -0.2) is 0 Å². The highest BCUT2D eigenvalue weighted by Crippen LogP contribution is 2.27. The van der Waals surface area contributed by atoms with Crippen LogP contribution < -0.4 is 0 Å². The van der Waals surface area contributed by atoms with Gasteiger partial charge in [-0.15, -0.1) is 0 Å². The standard InChI is InChI=1S/C16H23NO2/c1-19-12-11-17(13-14-7-3-2-4-8-14)16(18)15-9-5-6-10-15/h2-4,7-8,15H,5-6,9-13H2,1H3. The van der Waals surface area contributed by atoms with E-state index in [1.165, 1.54) is 18.4 Å². The third-order valence-corrected chi connectivity index (χ3v) is 3.80. The van der Waals surface area contributed by atoms with Crippen LogP contribution in [0.3, 0.4) is 0 Å². The fourth-order valence-electron chi connectivity index (χ4n) is 2.70. The van der Waals surface area contributed by atoms with Gasteiger partial charge in [0.15, 0.2) is 0 Å². The van der Waals surface area contributed by atoms with Crippen LogP contribution in [0.5, 0.6) is 0 Å². The maximum atomic E-state index is 12.5. The second-order valence-electron chi connectivity index (χ2n) is 5.22. The van der Waals surface area contributed by atoms with Gasteiger partial charge in [0.2, 0.25) is 5.91 Å². The molecule has 0 spiro atoms. The van der Waals surface area contributed by atoms with E-state index in [9.17, 15) is 4.79 Å². The van der Waals surface area contributed by atoms with E-state index in [1.807, 2.05) is 23.1 Å². The summed E-state index contributed by atoms with van der Waals surface area (Å²) >= 11 is 0. The maximum absolute atomic E-state index is 12.5. The van der Waals surface area contributed by atoms with Crippen molar-refractivity contribution < 1.29 is 9.53 Å². The molecule has 2 rings (SSSR count). The minimum atomic E-state index is 0.237. The number of ether oxygens (including phenoxy) is 1. The van der Waals surface area contributed by atoms with Crippen LogP contribution in [0.15, 0.2) is 30.3 Å². The van der Waals surface area contributed by atoms with Gasteiger partial charge in [0.05, 0.1) is 6.61 Å². The monoisotopic (exact) mass is 261 g/mol. The van der Waals surface area contributed by atoms with Crippen molar-refractivity contribution >= 4 is 5.91 Å². The van der Waals surface area contributed by atoms with Gasteiger partial charge in [0, 0.05) is 26.1 Å². The lowest BCUT2D eigenvalue weighted by atomic mass is 10.1. The molecule has 0 bridgehead atoms. The van der Waals surface area contributed by atoms with E-state index in [1.54, 1.807) is 7.11 Å². The first kappa shape index (κ1) is 14.1. The number of nitrogens with zero attached hydrogens (tertiary/aromatic N) is 1. The summed E-state index contributed by atoms with van der Waals surface area (Å²) in [5, 5.41) is 0. The molecule has 1 aromatic rings. The number of amides is 1. The van der Waals surface area contributed by atoms with Crippen molar-refractivity contribution in [3.63, 3.8) is 0 Å². The first-order valence-corrected chi connectivity index (χ1v) is 7.13. The lowest BCUT2D eigenvalue weighted by Gasteiger charge is -2.25. The first-order chi connectivity index (χ1) is 9.31. The summed E-state index contributed by atoms with van der Waals surface area (Å²) in [6.07, 6.45) is 4.49. The SMILES string of the molecule is COCCN(Cc1ccccc1)C(=O)C1CCCC1. The topological polar surface area (TPSA) is 29.5 Å². The molecule has 3 nitrogen and oxygen atoms in total. The molecule has 0 N–H and O–H groups in total. The Morgan fingerprint density at radius 2 is 1.95 bits per heavy atom. The second kappa shape index (κ2) is 7.29. The molecule has 0 heterocycles. The average molecular weight is 261 g/mol. The van der Waals surface area contributed by atoms with E-state index in [4.69, 9.17) is 4.74 Å². The Labute approximate surface area is 115 Å². The molecular weight excluding hydrogens is 238 g/mol. The zero-order valence-corrected chi connectivity index (χ0v) is 11.7. The summed E-state index contributed by atoms with van der Waals surface area (Å²) in [7, 11) is 1.68. The van der Waals surface area contributed by atoms with Gasteiger partial charge in [0.1, 0.15) is 0 Å². The van der Waals surface area contributed by atoms with Crippen molar-refractivity contribution in [3.05, 3.63) is 35.9 Å². The van der Waals surface area contributed by atoms with Crippen LogP contribution in [0.1, 0.15) is 31.2 Å². The number of benzene rings is 1. The zero-order chi connectivity index (χ0) is 13.5. The molecule has 1 saturated carbocycles. The molecule has 0 aliphatic heterocycles. The Bertz CT molecular complexity index is 385. The van der Waals surface area contributed by atoms with Gasteiger partial charge < -0.3 is 9.64 Å². The number of hydrogen-bond donors (Lipinski definition) is 0. The van der Waals surface area contributed by atoms with Crippen molar-refractivity contribution in [1.29, 1.82) is 0 Å². The Kier molecular flexibility index (Phi) is 5.40. The third-order valence-electron chi connectivity index (χ3n) is 3.80. The van der Waals surface area contributed by atoms with E-state index in [-0.39, 0.29) is 5.92 Å². The van der Waals surface area contributed by atoms with Crippen LogP contribution in [-0.2, 0) is 16.1 Å². The quantitative estimate of drug-likeness (QED) is 0.788. The lowest BCUT2D eigenvalue weighted by Crippen LogP contribution is -2.37. The van der Waals surface area contributed by atoms with Gasteiger partial charge in [-0.3, -0.25) is 4.79 Å². The lowest BCUT2D eigenvalue weighted by molar-refractivity contribution is -0.136. The fourth-order valence-corrected chi connectivity index (χ4v) is 2.70. The molecule has 0 atom stereocenters. The van der Waals surface area contributed by atoms with Gasteiger partial charge in [-0.2, -0.15) is 0 Å². The molecule has 0 saturated heterocycles. The van der Waals surface area contributed by atoms with Crippen molar-refractivity contribution in [2.45, 2.75) is 32.2 Å². The minimum absolute atomic E-state index is 0.237. The highest BCUT2D eigenvalue weighted by molar-refractivity contribution is 5.79. The van der Waals surface area contributed by atoms with Crippen LogP contribution >= 0.6 is 0 Å². The Hall–Kier alpha value is -1.35. The molecule has 1 aliphatic carbocycles. The summed E-state index contributed by atoms with van der Waals surface area (Å²) in [6, 6.07) is 10.2. The number of methoxy groups -OCH3 is 1. The summed E-state index contributed by atoms with van der Waals surface area (Å²) in [6.45, 7) is 1.98. The number of carbonyl (C=O) groups excluding carboxylic acids is 1. The third kappa shape index (κ3) is 4.06. The van der Waals surface area contributed by atoms with E-state index >= 15 is 0 Å². The second-order valence-corrected chi connectivity index (χ2v) is 5.22. The van der Waals surface area contributed by atoms with Crippen LogP contribution in [-0.4, -0.2) is 31.1 Å². The van der Waals surface area contributed by atoms with E-state index < -0.39 is 0 Å². The van der Waals surface area contributed by atoms with Crippen LogP contribution in [0.4, 0.5) is 0 Å². The molecule has 1 aromatic carbocycles. The molecule has 19 heavy (non-hydrogen) atoms. The largest absolute Gasteiger partial charge is 0.383 e. The normalized spacial score (nSPS) is 15.6. The molecule has 3 heteroatoms. The minimum Gasteiger partial charge on any atom is -0.383 e. The Balaban J connectivity index is 2.00. The Morgan fingerprint density at radius 1 is 1.26 bits per heavy atom. The molecule has 0 aromatic heterocycles. The first-order valence-electron chi connectivity index (χ1n) is 7.13. The van der Waals surface area contributed by atoms with Crippen LogP contribution in [0.2, 0.25) is 0 Å². The summed E-state index contributed by atoms with van der Waals surface area (Å²) < 4.78 is 5.13. The predicted molar refractivity (Wildman–Crippen MR) is 75.7 cm³/mol. The summed E-state index contributed by atoms with van der Waals surface area (Å²) in [5.74, 6) is 0.541. The molecule has 1 aliphatic rings. The number of rotatable bonds is 6. The van der Waals surface area contributed by atoms with Crippen LogP contribution in [0, 0.1) is 5.92 Å². The maximum Gasteiger partial charge on any atom is 0.226 e. The highest BCUT2D eigenvalue weighted by Gasteiger charge is 2.27. The Morgan fingerprint density at radius 3 is 2.58 bits per heavy atom. The smallest absolute Gasteiger partial charge is 0.226 e. The van der Waals surface area contributed by atoms with Crippen molar-refractivity contribution in [1.82, 2.24) is 4.90 Å². The fraction of sp³-hybridized carbons (Fsp3) is 0.562. The highest BCUT2D eigenvalue weighted by atomic mass is 16.5. The van der Waals surface area contributed by atoms with Gasteiger partial charge >= 0.3 is 0 Å². The van der Waals surface area contributed by atoms with Gasteiger partial charge in [0.25, 0.3) is 0 Å². The zero-order valence-electron chi connectivity index (χ0n) is 11.7. The van der Waals surface area contributed by atoms with E-state index in [2.05, 4.69) is 12.1 Å². The molecule has 1 amide bonds. The predicted octanol–water partition coefficient (Wildman–Crippen LogP) is 2.85. The van der Waals surface area contributed by atoms with Crippen molar-refractivity contribution in [2.75, 3.05) is 20.3 Å². The van der Waals surface area contributed by atoms with Gasteiger partial charge in [-0.1, -0.05) is 43.2 Å². The molecular formula is C16H23NO2. The van der Waals surface area contributed by atoms with Crippen molar-refractivity contribution in [2.24, 2.45) is 5.92 Å². The summed E-state index contributed by atoms with van der Waals surface area (Å²) in [5.41, 5.74) is 1.19. The van der Waals surface area contributed by atoms with E-state index in [0.717, 1.165) is 12.8 Å². The molecule has 0 radical (unpaired) electrons. The van der Waals surface area contributed by atoms with Crippen LogP contribution in [0.25, 0.3) is 0 Å².